The Bertz CT molecular complexity index is 893. The van der Waals surface area contributed by atoms with Crippen molar-refractivity contribution in [2.45, 2.75) is 38.5 Å². The van der Waals surface area contributed by atoms with Crippen LogP contribution in [0.5, 0.6) is 0 Å². The Morgan fingerprint density at radius 1 is 0.933 bits per heavy atom. The van der Waals surface area contributed by atoms with Crippen LogP contribution in [0.25, 0.3) is 0 Å². The third-order valence-corrected chi connectivity index (χ3v) is 6.34. The molecule has 0 atom stereocenters. The topological polar surface area (TPSA) is 52.7 Å². The van der Waals surface area contributed by atoms with E-state index in [2.05, 4.69) is 54.4 Å². The van der Waals surface area contributed by atoms with Crippen LogP contribution >= 0.6 is 0 Å². The number of nitrogens with one attached hydrogen (secondary N) is 1. The van der Waals surface area contributed by atoms with Crippen LogP contribution in [0.3, 0.4) is 0 Å². The molecule has 30 heavy (non-hydrogen) atoms. The molecule has 1 N–H and O–H groups in total. The Hall–Kier alpha value is -2.82. The fourth-order valence-electron chi connectivity index (χ4n) is 4.49. The molecule has 0 bridgehead atoms. The lowest BCUT2D eigenvalue weighted by molar-refractivity contribution is -0.131. The van der Waals surface area contributed by atoms with Crippen LogP contribution in [0.15, 0.2) is 48.5 Å². The zero-order valence-electron chi connectivity index (χ0n) is 18.0. The number of aryl methyl sites for hydroxylation is 2. The van der Waals surface area contributed by atoms with Crippen LogP contribution in [0.2, 0.25) is 0 Å². The number of amides is 2. The highest BCUT2D eigenvalue weighted by molar-refractivity contribution is 5.91. The molecule has 0 unspecified atom stereocenters. The second kappa shape index (κ2) is 8.50. The second-order valence-corrected chi connectivity index (χ2v) is 8.67. The van der Waals surface area contributed by atoms with Gasteiger partial charge in [-0.3, -0.25) is 9.59 Å². The number of hydrogen-bond acceptors (Lipinski definition) is 3. The van der Waals surface area contributed by atoms with Gasteiger partial charge in [-0.1, -0.05) is 47.5 Å². The Kier molecular flexibility index (Phi) is 5.80. The largest absolute Gasteiger partial charge is 0.368 e. The summed E-state index contributed by atoms with van der Waals surface area (Å²) in [6.45, 7) is 7.70. The highest BCUT2D eigenvalue weighted by Crippen LogP contribution is 2.48. The number of carbonyl (C=O) groups is 2. The van der Waals surface area contributed by atoms with Crippen molar-refractivity contribution in [1.82, 2.24) is 10.2 Å². The summed E-state index contributed by atoms with van der Waals surface area (Å²) in [5.74, 6) is 0.188. The molecule has 2 amide bonds. The normalized spacial score (nSPS) is 17.5. The maximum atomic E-state index is 12.9. The summed E-state index contributed by atoms with van der Waals surface area (Å²) in [6, 6.07) is 16.7. The molecule has 1 aliphatic heterocycles. The lowest BCUT2D eigenvalue weighted by Gasteiger charge is -2.36. The van der Waals surface area contributed by atoms with Crippen LogP contribution in [-0.2, 0) is 15.0 Å². The molecular formula is C25H31N3O2. The molecule has 5 heteroatoms. The molecule has 0 spiro atoms. The van der Waals surface area contributed by atoms with Gasteiger partial charge in [0.1, 0.15) is 0 Å². The van der Waals surface area contributed by atoms with Crippen molar-refractivity contribution in [2.24, 2.45) is 0 Å². The summed E-state index contributed by atoms with van der Waals surface area (Å²) in [5.41, 5.74) is 4.31. The molecule has 2 aliphatic rings. The smallest absolute Gasteiger partial charge is 0.230 e. The highest BCUT2D eigenvalue weighted by Gasteiger charge is 2.51. The van der Waals surface area contributed by atoms with Gasteiger partial charge in [0, 0.05) is 44.8 Å². The number of anilines is 1. The molecule has 0 aromatic heterocycles. The molecule has 4 rings (SSSR count). The number of hydrogen-bond donors (Lipinski definition) is 1. The predicted octanol–water partition coefficient (Wildman–Crippen LogP) is 3.19. The third-order valence-electron chi connectivity index (χ3n) is 6.34. The quantitative estimate of drug-likeness (QED) is 0.803. The number of nitrogens with zero attached hydrogens (tertiary/aromatic N) is 2. The molecule has 1 heterocycles. The Morgan fingerprint density at radius 3 is 2.17 bits per heavy atom. The van der Waals surface area contributed by atoms with Gasteiger partial charge in [0.2, 0.25) is 11.8 Å². The van der Waals surface area contributed by atoms with E-state index in [0.717, 1.165) is 44.6 Å². The lowest BCUT2D eigenvalue weighted by atomic mass is 9.92. The zero-order chi connectivity index (χ0) is 21.1. The van der Waals surface area contributed by atoms with E-state index in [1.807, 2.05) is 23.1 Å². The molecule has 1 saturated carbocycles. The number of benzene rings is 2. The van der Waals surface area contributed by atoms with Crippen LogP contribution < -0.4 is 10.2 Å². The highest BCUT2D eigenvalue weighted by atomic mass is 16.2. The summed E-state index contributed by atoms with van der Waals surface area (Å²) in [5, 5.41) is 3.03. The Balaban J connectivity index is 1.25. The van der Waals surface area contributed by atoms with E-state index in [-0.39, 0.29) is 17.2 Å². The molecule has 2 aromatic rings. The summed E-state index contributed by atoms with van der Waals surface area (Å²) in [6.07, 6.45) is 2.13. The Morgan fingerprint density at radius 2 is 1.57 bits per heavy atom. The summed E-state index contributed by atoms with van der Waals surface area (Å²) >= 11 is 0. The molecule has 1 aliphatic carbocycles. The summed E-state index contributed by atoms with van der Waals surface area (Å²) < 4.78 is 0. The standard InChI is InChI=1S/C25H31N3O2/c1-19-16-20(2)18-21(17-19)25(9-10-25)24(30)26-11-8-23(29)28-14-12-27(13-15-28)22-6-4-3-5-7-22/h3-7,16-18H,8-15H2,1-2H3,(H,26,30). The van der Waals surface area contributed by atoms with Crippen molar-refractivity contribution in [2.75, 3.05) is 37.6 Å². The molecule has 0 radical (unpaired) electrons. The molecule has 158 valence electrons. The first kappa shape index (κ1) is 20.5. The van der Waals surface area contributed by atoms with Crippen molar-refractivity contribution in [1.29, 1.82) is 0 Å². The van der Waals surface area contributed by atoms with E-state index in [1.54, 1.807) is 0 Å². The fraction of sp³-hybridized carbons (Fsp3) is 0.440. The molecule has 2 aromatic carbocycles. The van der Waals surface area contributed by atoms with Gasteiger partial charge in [0.15, 0.2) is 0 Å². The molecular weight excluding hydrogens is 374 g/mol. The monoisotopic (exact) mass is 405 g/mol. The number of carbonyl (C=O) groups excluding carboxylic acids is 2. The van der Waals surface area contributed by atoms with E-state index in [1.165, 1.54) is 16.8 Å². The zero-order valence-corrected chi connectivity index (χ0v) is 18.0. The lowest BCUT2D eigenvalue weighted by Crippen LogP contribution is -2.49. The van der Waals surface area contributed by atoms with E-state index >= 15 is 0 Å². The van der Waals surface area contributed by atoms with E-state index in [4.69, 9.17) is 0 Å². The van der Waals surface area contributed by atoms with Gasteiger partial charge in [0.05, 0.1) is 5.41 Å². The van der Waals surface area contributed by atoms with E-state index in [9.17, 15) is 9.59 Å². The van der Waals surface area contributed by atoms with Crippen LogP contribution in [0.1, 0.15) is 36.0 Å². The van der Waals surface area contributed by atoms with Gasteiger partial charge >= 0.3 is 0 Å². The van der Waals surface area contributed by atoms with Crippen LogP contribution in [0, 0.1) is 13.8 Å². The average Bonchev–Trinajstić information content (AvgIpc) is 3.56. The fourth-order valence-corrected chi connectivity index (χ4v) is 4.49. The SMILES string of the molecule is Cc1cc(C)cc(C2(C(=O)NCCC(=O)N3CCN(c4ccccc4)CC3)CC2)c1. The number of rotatable bonds is 6. The van der Waals surface area contributed by atoms with Crippen LogP contribution in [0.4, 0.5) is 5.69 Å². The van der Waals surface area contributed by atoms with Gasteiger partial charge in [0.25, 0.3) is 0 Å². The third kappa shape index (κ3) is 4.35. The molecule has 1 saturated heterocycles. The van der Waals surface area contributed by atoms with Crippen molar-refractivity contribution in [3.05, 3.63) is 65.2 Å². The van der Waals surface area contributed by atoms with Crippen molar-refractivity contribution < 1.29 is 9.59 Å². The average molecular weight is 406 g/mol. The van der Waals surface area contributed by atoms with E-state index in [0.29, 0.717) is 13.0 Å². The van der Waals surface area contributed by atoms with Crippen LogP contribution in [-0.4, -0.2) is 49.4 Å². The minimum absolute atomic E-state index is 0.0641. The second-order valence-electron chi connectivity index (χ2n) is 8.67. The summed E-state index contributed by atoms with van der Waals surface area (Å²) in [7, 11) is 0. The minimum atomic E-state index is -0.388. The molecule has 5 nitrogen and oxygen atoms in total. The first-order chi connectivity index (χ1) is 14.5. The maximum absolute atomic E-state index is 12.9. The minimum Gasteiger partial charge on any atom is -0.368 e. The predicted molar refractivity (Wildman–Crippen MR) is 120 cm³/mol. The van der Waals surface area contributed by atoms with E-state index < -0.39 is 0 Å². The maximum Gasteiger partial charge on any atom is 0.230 e. The van der Waals surface area contributed by atoms with Gasteiger partial charge < -0.3 is 15.1 Å². The summed E-state index contributed by atoms with van der Waals surface area (Å²) in [4.78, 5) is 29.7. The van der Waals surface area contributed by atoms with Crippen molar-refractivity contribution in [3.63, 3.8) is 0 Å². The first-order valence-electron chi connectivity index (χ1n) is 10.9. The molecule has 2 fully saturated rings. The van der Waals surface area contributed by atoms with Gasteiger partial charge in [-0.15, -0.1) is 0 Å². The number of para-hydroxylation sites is 1. The van der Waals surface area contributed by atoms with Crippen molar-refractivity contribution >= 4 is 17.5 Å². The van der Waals surface area contributed by atoms with Gasteiger partial charge in [-0.2, -0.15) is 0 Å². The first-order valence-corrected chi connectivity index (χ1v) is 10.9. The Labute approximate surface area is 179 Å². The number of piperazine rings is 1. The van der Waals surface area contributed by atoms with Gasteiger partial charge in [-0.25, -0.2) is 0 Å². The van der Waals surface area contributed by atoms with Gasteiger partial charge in [-0.05, 0) is 44.4 Å². The van der Waals surface area contributed by atoms with Crippen molar-refractivity contribution in [3.8, 4) is 0 Å².